The average molecular weight is 213 g/mol. The molecule has 0 aromatic heterocycles. The highest BCUT2D eigenvalue weighted by atomic mass is 14.9. The summed E-state index contributed by atoms with van der Waals surface area (Å²) in [6, 6.07) is 0.629. The van der Waals surface area contributed by atoms with Crippen molar-refractivity contribution < 1.29 is 0 Å². The monoisotopic (exact) mass is 213 g/mol. The number of hydrogen-bond acceptors (Lipinski definition) is 1. The van der Waals surface area contributed by atoms with Crippen molar-refractivity contribution in [2.45, 2.75) is 73.3 Å². The Morgan fingerprint density at radius 2 is 1.73 bits per heavy atom. The van der Waals surface area contributed by atoms with Crippen LogP contribution in [-0.4, -0.2) is 12.6 Å². The third kappa shape index (κ3) is 6.19. The fourth-order valence-corrected chi connectivity index (χ4v) is 2.18. The van der Waals surface area contributed by atoms with Crippen LogP contribution in [-0.2, 0) is 0 Å². The van der Waals surface area contributed by atoms with Crippen molar-refractivity contribution in [2.24, 2.45) is 11.3 Å². The summed E-state index contributed by atoms with van der Waals surface area (Å²) in [7, 11) is 0. The van der Waals surface area contributed by atoms with Crippen molar-refractivity contribution in [2.75, 3.05) is 6.54 Å². The van der Waals surface area contributed by atoms with E-state index in [9.17, 15) is 0 Å². The minimum atomic E-state index is 0.520. The number of hydrogen-bond donors (Lipinski definition) is 1. The fourth-order valence-electron chi connectivity index (χ4n) is 2.18. The number of rotatable bonds is 8. The summed E-state index contributed by atoms with van der Waals surface area (Å²) in [6.07, 6.45) is 5.31. The molecule has 0 radical (unpaired) electrons. The Labute approximate surface area is 97.0 Å². The zero-order valence-corrected chi connectivity index (χ0v) is 11.7. The predicted molar refractivity (Wildman–Crippen MR) is 70.2 cm³/mol. The molecule has 1 atom stereocenters. The highest BCUT2D eigenvalue weighted by Gasteiger charge is 2.25. The van der Waals surface area contributed by atoms with E-state index in [2.05, 4.69) is 46.9 Å². The van der Waals surface area contributed by atoms with E-state index >= 15 is 0 Å². The number of nitrogens with one attached hydrogen (secondary N) is 1. The van der Waals surface area contributed by atoms with Crippen LogP contribution >= 0.6 is 0 Å². The lowest BCUT2D eigenvalue weighted by atomic mass is 9.73. The molecule has 92 valence electrons. The van der Waals surface area contributed by atoms with Crippen LogP contribution in [0.3, 0.4) is 0 Å². The van der Waals surface area contributed by atoms with Crippen LogP contribution in [0.4, 0.5) is 0 Å². The lowest BCUT2D eigenvalue weighted by molar-refractivity contribution is 0.181. The first-order chi connectivity index (χ1) is 6.94. The first-order valence-electron chi connectivity index (χ1n) is 6.67. The molecule has 1 unspecified atom stereocenters. The minimum absolute atomic E-state index is 0.520. The van der Waals surface area contributed by atoms with Gasteiger partial charge in [0.25, 0.3) is 0 Å². The second-order valence-corrected chi connectivity index (χ2v) is 5.70. The second kappa shape index (κ2) is 7.27. The lowest BCUT2D eigenvalue weighted by Crippen LogP contribution is -2.27. The molecule has 0 aromatic rings. The molecule has 1 heteroatoms. The van der Waals surface area contributed by atoms with Gasteiger partial charge in [-0.05, 0) is 30.7 Å². The molecule has 0 rings (SSSR count). The molecular weight excluding hydrogens is 182 g/mol. The molecule has 0 aliphatic carbocycles. The SMILES string of the molecule is CCC(CCCNC(C)C)C(C)(C)CC. The summed E-state index contributed by atoms with van der Waals surface area (Å²) in [4.78, 5) is 0. The van der Waals surface area contributed by atoms with Crippen molar-refractivity contribution in [1.29, 1.82) is 0 Å². The average Bonchev–Trinajstić information content (AvgIpc) is 2.17. The van der Waals surface area contributed by atoms with Crippen LogP contribution in [0, 0.1) is 11.3 Å². The maximum atomic E-state index is 3.49. The maximum absolute atomic E-state index is 3.49. The quantitative estimate of drug-likeness (QED) is 0.595. The highest BCUT2D eigenvalue weighted by molar-refractivity contribution is 4.76. The molecule has 0 heterocycles. The van der Waals surface area contributed by atoms with Gasteiger partial charge in [-0.15, -0.1) is 0 Å². The first kappa shape index (κ1) is 15.0. The Morgan fingerprint density at radius 1 is 1.13 bits per heavy atom. The highest BCUT2D eigenvalue weighted by Crippen LogP contribution is 2.35. The molecule has 0 aliphatic rings. The third-order valence-electron chi connectivity index (χ3n) is 3.79. The summed E-state index contributed by atoms with van der Waals surface area (Å²) in [5, 5.41) is 3.49. The van der Waals surface area contributed by atoms with Gasteiger partial charge in [-0.1, -0.05) is 54.4 Å². The topological polar surface area (TPSA) is 12.0 Å². The molecule has 0 aromatic carbocycles. The summed E-state index contributed by atoms with van der Waals surface area (Å²) in [6.45, 7) is 15.1. The molecule has 1 N–H and O–H groups in total. The maximum Gasteiger partial charge on any atom is 0.00103 e. The van der Waals surface area contributed by atoms with E-state index in [1.807, 2.05) is 0 Å². The molecule has 0 saturated heterocycles. The summed E-state index contributed by atoms with van der Waals surface area (Å²) >= 11 is 0. The van der Waals surface area contributed by atoms with Gasteiger partial charge in [0.15, 0.2) is 0 Å². The van der Waals surface area contributed by atoms with Gasteiger partial charge in [-0.3, -0.25) is 0 Å². The van der Waals surface area contributed by atoms with Crippen LogP contribution < -0.4 is 5.32 Å². The summed E-state index contributed by atoms with van der Waals surface area (Å²) in [5.74, 6) is 0.886. The summed E-state index contributed by atoms with van der Waals surface area (Å²) < 4.78 is 0. The van der Waals surface area contributed by atoms with Crippen LogP contribution in [0.2, 0.25) is 0 Å². The molecule has 0 aliphatic heterocycles. The molecule has 0 bridgehead atoms. The van der Waals surface area contributed by atoms with E-state index < -0.39 is 0 Å². The van der Waals surface area contributed by atoms with Gasteiger partial charge in [0.2, 0.25) is 0 Å². The molecule has 0 spiro atoms. The van der Waals surface area contributed by atoms with E-state index in [0.717, 1.165) is 5.92 Å². The van der Waals surface area contributed by atoms with Crippen molar-refractivity contribution in [3.63, 3.8) is 0 Å². The summed E-state index contributed by atoms with van der Waals surface area (Å²) in [5.41, 5.74) is 0.520. The van der Waals surface area contributed by atoms with Crippen LogP contribution in [0.25, 0.3) is 0 Å². The van der Waals surface area contributed by atoms with E-state index in [1.165, 1.54) is 32.2 Å². The van der Waals surface area contributed by atoms with Gasteiger partial charge in [0, 0.05) is 6.04 Å². The van der Waals surface area contributed by atoms with Crippen LogP contribution in [0.15, 0.2) is 0 Å². The molecule has 0 fully saturated rings. The predicted octanol–water partition coefficient (Wildman–Crippen LogP) is 4.23. The standard InChI is InChI=1S/C14H31N/c1-7-13(14(5,6)8-2)10-9-11-15-12(3)4/h12-13,15H,7-11H2,1-6H3. The third-order valence-corrected chi connectivity index (χ3v) is 3.79. The van der Waals surface area contributed by atoms with Gasteiger partial charge < -0.3 is 5.32 Å². The van der Waals surface area contributed by atoms with Crippen molar-refractivity contribution in [3.05, 3.63) is 0 Å². The van der Waals surface area contributed by atoms with Gasteiger partial charge in [0.05, 0.1) is 0 Å². The van der Waals surface area contributed by atoms with Crippen LogP contribution in [0.5, 0.6) is 0 Å². The van der Waals surface area contributed by atoms with Crippen molar-refractivity contribution >= 4 is 0 Å². The Morgan fingerprint density at radius 3 is 2.13 bits per heavy atom. The Bertz CT molecular complexity index is 149. The Hall–Kier alpha value is -0.0400. The second-order valence-electron chi connectivity index (χ2n) is 5.70. The normalized spacial score (nSPS) is 14.6. The minimum Gasteiger partial charge on any atom is -0.315 e. The molecule has 0 saturated carbocycles. The van der Waals surface area contributed by atoms with E-state index in [1.54, 1.807) is 0 Å². The van der Waals surface area contributed by atoms with Gasteiger partial charge in [0.1, 0.15) is 0 Å². The molecule has 1 nitrogen and oxygen atoms in total. The Kier molecular flexibility index (Phi) is 7.25. The van der Waals surface area contributed by atoms with Crippen molar-refractivity contribution in [1.82, 2.24) is 5.32 Å². The lowest BCUT2D eigenvalue weighted by Gasteiger charge is -2.33. The van der Waals surface area contributed by atoms with Gasteiger partial charge >= 0.3 is 0 Å². The molecule has 0 amide bonds. The molecular formula is C14H31N. The largest absolute Gasteiger partial charge is 0.315 e. The van der Waals surface area contributed by atoms with Crippen molar-refractivity contribution in [3.8, 4) is 0 Å². The first-order valence-corrected chi connectivity index (χ1v) is 6.67. The van der Waals surface area contributed by atoms with Crippen LogP contribution in [0.1, 0.15) is 67.2 Å². The van der Waals surface area contributed by atoms with E-state index in [4.69, 9.17) is 0 Å². The van der Waals surface area contributed by atoms with Gasteiger partial charge in [-0.2, -0.15) is 0 Å². The van der Waals surface area contributed by atoms with Gasteiger partial charge in [-0.25, -0.2) is 0 Å². The zero-order chi connectivity index (χ0) is 11.9. The molecule has 15 heavy (non-hydrogen) atoms. The smallest absolute Gasteiger partial charge is 0.00103 e. The fraction of sp³-hybridized carbons (Fsp3) is 1.00. The Balaban J connectivity index is 3.81. The van der Waals surface area contributed by atoms with E-state index in [0.29, 0.717) is 11.5 Å². The van der Waals surface area contributed by atoms with E-state index in [-0.39, 0.29) is 0 Å². The zero-order valence-electron chi connectivity index (χ0n) is 11.7.